The maximum Gasteiger partial charge on any atom is 0.192 e. The van der Waals surface area contributed by atoms with Crippen molar-refractivity contribution in [3.63, 3.8) is 0 Å². The number of Topliss-reactive ketones (excluding diaryl/α,β-unsaturated/α-hetero) is 1. The van der Waals surface area contributed by atoms with Crippen molar-refractivity contribution in [2.75, 3.05) is 0 Å². The quantitative estimate of drug-likeness (QED) is 0.660. The van der Waals surface area contributed by atoms with Crippen LogP contribution in [0.2, 0.25) is 0 Å². The van der Waals surface area contributed by atoms with Gasteiger partial charge in [-0.2, -0.15) is 0 Å². The molecule has 0 spiro atoms. The third-order valence-corrected chi connectivity index (χ3v) is 5.82. The van der Waals surface area contributed by atoms with Gasteiger partial charge in [-0.1, -0.05) is 78.9 Å². The van der Waals surface area contributed by atoms with E-state index in [-0.39, 0.29) is 4.90 Å². The molecule has 3 rings (SSSR count). The minimum atomic E-state index is -3.85. The van der Waals surface area contributed by atoms with Crippen molar-refractivity contribution in [3.8, 4) is 0 Å². The highest BCUT2D eigenvalue weighted by atomic mass is 32.2. The minimum absolute atomic E-state index is 0.142. The number of carbonyl (C=O) groups excluding carboxylic acids is 1. The zero-order valence-electron chi connectivity index (χ0n) is 12.9. The molecule has 3 aromatic carbocycles. The molecule has 0 N–H and O–H groups in total. The van der Waals surface area contributed by atoms with Gasteiger partial charge >= 0.3 is 0 Å². The molecule has 0 saturated carbocycles. The highest BCUT2D eigenvalue weighted by Crippen LogP contribution is 2.32. The Kier molecular flexibility index (Phi) is 4.58. The molecule has 3 aromatic rings. The first-order valence-electron chi connectivity index (χ1n) is 7.54. The van der Waals surface area contributed by atoms with Gasteiger partial charge in [0.2, 0.25) is 0 Å². The van der Waals surface area contributed by atoms with Crippen LogP contribution in [0.5, 0.6) is 0 Å². The molecule has 0 aliphatic heterocycles. The molecule has 0 aliphatic rings. The Morgan fingerprint density at radius 3 is 1.67 bits per heavy atom. The molecule has 0 aromatic heterocycles. The first-order chi connectivity index (χ1) is 11.6. The SMILES string of the molecule is O=C(c1ccccc1)C(c1ccccc1)S(=O)(=O)c1ccccc1. The fourth-order valence-electron chi connectivity index (χ4n) is 2.60. The summed E-state index contributed by atoms with van der Waals surface area (Å²) in [6.45, 7) is 0. The molecule has 1 atom stereocenters. The Hall–Kier alpha value is -2.72. The van der Waals surface area contributed by atoms with Crippen LogP contribution in [0.4, 0.5) is 0 Å². The van der Waals surface area contributed by atoms with E-state index >= 15 is 0 Å². The topological polar surface area (TPSA) is 51.2 Å². The van der Waals surface area contributed by atoms with Gasteiger partial charge in [-0.3, -0.25) is 4.79 Å². The van der Waals surface area contributed by atoms with Crippen LogP contribution in [0.1, 0.15) is 21.2 Å². The van der Waals surface area contributed by atoms with E-state index in [9.17, 15) is 13.2 Å². The van der Waals surface area contributed by atoms with Crippen molar-refractivity contribution in [2.24, 2.45) is 0 Å². The first kappa shape index (κ1) is 16.1. The van der Waals surface area contributed by atoms with Crippen LogP contribution in [0.3, 0.4) is 0 Å². The molecule has 24 heavy (non-hydrogen) atoms. The second kappa shape index (κ2) is 6.81. The van der Waals surface area contributed by atoms with Gasteiger partial charge < -0.3 is 0 Å². The molecule has 0 radical (unpaired) electrons. The highest BCUT2D eigenvalue weighted by molar-refractivity contribution is 7.92. The molecule has 120 valence electrons. The molecule has 0 bridgehead atoms. The second-order valence-electron chi connectivity index (χ2n) is 5.38. The van der Waals surface area contributed by atoms with E-state index in [1.807, 2.05) is 0 Å². The fraction of sp³-hybridized carbons (Fsp3) is 0.0500. The standard InChI is InChI=1S/C20H16O3S/c21-19(16-10-4-1-5-11-16)20(17-12-6-2-7-13-17)24(22,23)18-14-8-3-9-15-18/h1-15,20H. The molecule has 0 amide bonds. The minimum Gasteiger partial charge on any atom is -0.292 e. The third-order valence-electron chi connectivity index (χ3n) is 3.78. The van der Waals surface area contributed by atoms with E-state index in [0.717, 1.165) is 0 Å². The summed E-state index contributed by atoms with van der Waals surface area (Å²) in [6, 6.07) is 25.2. The van der Waals surface area contributed by atoms with Crippen LogP contribution in [0, 0.1) is 0 Å². The molecule has 0 fully saturated rings. The summed E-state index contributed by atoms with van der Waals surface area (Å²) in [7, 11) is -3.85. The van der Waals surface area contributed by atoms with E-state index in [1.54, 1.807) is 78.9 Å². The van der Waals surface area contributed by atoms with Crippen molar-refractivity contribution in [3.05, 3.63) is 102 Å². The summed E-state index contributed by atoms with van der Waals surface area (Å²) >= 11 is 0. The van der Waals surface area contributed by atoms with Gasteiger partial charge in [-0.05, 0) is 17.7 Å². The number of rotatable bonds is 5. The van der Waals surface area contributed by atoms with Gasteiger partial charge in [-0.15, -0.1) is 0 Å². The maximum atomic E-state index is 13.1. The number of ketones is 1. The van der Waals surface area contributed by atoms with Gasteiger partial charge in [0.1, 0.15) is 0 Å². The van der Waals surface area contributed by atoms with E-state index in [1.165, 1.54) is 12.1 Å². The molecule has 4 heteroatoms. The average Bonchev–Trinajstić information content (AvgIpc) is 2.64. The van der Waals surface area contributed by atoms with Gasteiger partial charge in [0.25, 0.3) is 0 Å². The lowest BCUT2D eigenvalue weighted by atomic mass is 10.0. The van der Waals surface area contributed by atoms with Gasteiger partial charge in [0.05, 0.1) is 4.90 Å². The third kappa shape index (κ3) is 3.14. The largest absolute Gasteiger partial charge is 0.292 e. The van der Waals surface area contributed by atoms with E-state index < -0.39 is 20.9 Å². The number of sulfone groups is 1. The lowest BCUT2D eigenvalue weighted by Crippen LogP contribution is -2.23. The monoisotopic (exact) mass is 336 g/mol. The van der Waals surface area contributed by atoms with Crippen molar-refractivity contribution >= 4 is 15.6 Å². The van der Waals surface area contributed by atoms with E-state index in [2.05, 4.69) is 0 Å². The molecule has 1 unspecified atom stereocenters. The molecule has 0 aliphatic carbocycles. The molecule has 0 heterocycles. The van der Waals surface area contributed by atoms with Gasteiger partial charge in [0, 0.05) is 5.56 Å². The van der Waals surface area contributed by atoms with Crippen LogP contribution in [-0.4, -0.2) is 14.2 Å². The summed E-state index contributed by atoms with van der Waals surface area (Å²) in [6.07, 6.45) is 0. The summed E-state index contributed by atoms with van der Waals surface area (Å²) in [5.41, 5.74) is 0.848. The lowest BCUT2D eigenvalue weighted by Gasteiger charge is -2.17. The van der Waals surface area contributed by atoms with Crippen molar-refractivity contribution in [1.29, 1.82) is 0 Å². The highest BCUT2D eigenvalue weighted by Gasteiger charge is 2.35. The first-order valence-corrected chi connectivity index (χ1v) is 9.08. The van der Waals surface area contributed by atoms with Crippen LogP contribution in [0.15, 0.2) is 95.9 Å². The maximum absolute atomic E-state index is 13.1. The second-order valence-corrected chi connectivity index (χ2v) is 7.41. The van der Waals surface area contributed by atoms with Crippen LogP contribution >= 0.6 is 0 Å². The van der Waals surface area contributed by atoms with Gasteiger partial charge in [-0.25, -0.2) is 8.42 Å². The predicted octanol–water partition coefficient (Wildman–Crippen LogP) is 4.08. The number of carbonyl (C=O) groups is 1. The lowest BCUT2D eigenvalue weighted by molar-refractivity contribution is 0.0986. The predicted molar refractivity (Wildman–Crippen MR) is 93.6 cm³/mol. The summed E-state index contributed by atoms with van der Waals surface area (Å²) in [5, 5.41) is -1.26. The molecule has 3 nitrogen and oxygen atoms in total. The van der Waals surface area contributed by atoms with Crippen LogP contribution in [0.25, 0.3) is 0 Å². The Bertz CT molecular complexity index is 918. The van der Waals surface area contributed by atoms with E-state index in [0.29, 0.717) is 11.1 Å². The van der Waals surface area contributed by atoms with Crippen LogP contribution < -0.4 is 0 Å². The van der Waals surface area contributed by atoms with Crippen LogP contribution in [-0.2, 0) is 9.84 Å². The fourth-order valence-corrected chi connectivity index (χ4v) is 4.34. The molecule has 0 saturated heterocycles. The smallest absolute Gasteiger partial charge is 0.192 e. The zero-order chi connectivity index (χ0) is 17.0. The average molecular weight is 336 g/mol. The van der Waals surface area contributed by atoms with Gasteiger partial charge in [0.15, 0.2) is 20.9 Å². The summed E-state index contributed by atoms with van der Waals surface area (Å²) in [5.74, 6) is -0.425. The Labute approximate surface area is 141 Å². The summed E-state index contributed by atoms with van der Waals surface area (Å²) < 4.78 is 26.3. The zero-order valence-corrected chi connectivity index (χ0v) is 13.7. The Morgan fingerprint density at radius 2 is 1.12 bits per heavy atom. The number of hydrogen-bond acceptors (Lipinski definition) is 3. The molecular weight excluding hydrogens is 320 g/mol. The molecular formula is C20H16O3S. The van der Waals surface area contributed by atoms with E-state index in [4.69, 9.17) is 0 Å². The Balaban J connectivity index is 2.15. The van der Waals surface area contributed by atoms with Crippen molar-refractivity contribution in [1.82, 2.24) is 0 Å². The van der Waals surface area contributed by atoms with Crippen molar-refractivity contribution in [2.45, 2.75) is 10.1 Å². The normalized spacial score (nSPS) is 12.5. The summed E-state index contributed by atoms with van der Waals surface area (Å²) in [4.78, 5) is 13.1. The Morgan fingerprint density at radius 1 is 0.667 bits per heavy atom. The van der Waals surface area contributed by atoms with Crippen molar-refractivity contribution < 1.29 is 13.2 Å². The number of hydrogen-bond donors (Lipinski definition) is 0. The number of benzene rings is 3.